The van der Waals surface area contributed by atoms with E-state index in [2.05, 4.69) is 23.8 Å². The van der Waals surface area contributed by atoms with Crippen LogP contribution in [0.2, 0.25) is 0 Å². The van der Waals surface area contributed by atoms with E-state index >= 15 is 0 Å². The summed E-state index contributed by atoms with van der Waals surface area (Å²) in [5, 5.41) is 0. The number of nitrogens with one attached hydrogen (secondary N) is 1. The fourth-order valence-electron chi connectivity index (χ4n) is 2.66. The van der Waals surface area contributed by atoms with Crippen molar-refractivity contribution in [1.82, 2.24) is 9.97 Å². The highest BCUT2D eigenvalue weighted by molar-refractivity contribution is 5.21. The van der Waals surface area contributed by atoms with Gasteiger partial charge < -0.3 is 10.7 Å². The molecule has 1 saturated carbocycles. The summed E-state index contributed by atoms with van der Waals surface area (Å²) in [5.41, 5.74) is 6.83. The molecule has 0 unspecified atom stereocenters. The maximum absolute atomic E-state index is 5.59. The molecule has 1 aromatic heterocycles. The minimum absolute atomic E-state index is 0.552. The lowest BCUT2D eigenvalue weighted by atomic mass is 9.76. The van der Waals surface area contributed by atoms with Crippen molar-refractivity contribution < 1.29 is 0 Å². The molecule has 84 valence electrons. The van der Waals surface area contributed by atoms with Gasteiger partial charge in [-0.1, -0.05) is 13.8 Å². The number of rotatable bonds is 2. The SMILES string of the molecule is CC(C)C1CCC(c2cnc(N)[nH]2)CC1. The van der Waals surface area contributed by atoms with Gasteiger partial charge in [0.2, 0.25) is 0 Å². The van der Waals surface area contributed by atoms with Crippen LogP contribution in [0.5, 0.6) is 0 Å². The van der Waals surface area contributed by atoms with Crippen LogP contribution in [0.25, 0.3) is 0 Å². The first-order valence-electron chi connectivity index (χ1n) is 5.97. The Morgan fingerprint density at radius 3 is 2.47 bits per heavy atom. The number of nitrogens with two attached hydrogens (primary N) is 1. The molecular weight excluding hydrogens is 186 g/mol. The zero-order valence-corrected chi connectivity index (χ0v) is 9.66. The van der Waals surface area contributed by atoms with Crippen LogP contribution in [0.15, 0.2) is 6.20 Å². The van der Waals surface area contributed by atoms with Crippen LogP contribution in [0.1, 0.15) is 51.1 Å². The first-order chi connectivity index (χ1) is 7.16. The van der Waals surface area contributed by atoms with Gasteiger partial charge in [0, 0.05) is 11.6 Å². The lowest BCUT2D eigenvalue weighted by Gasteiger charge is -2.30. The van der Waals surface area contributed by atoms with E-state index in [0.717, 1.165) is 11.8 Å². The van der Waals surface area contributed by atoms with E-state index in [9.17, 15) is 0 Å². The average Bonchev–Trinajstić information content (AvgIpc) is 2.65. The quantitative estimate of drug-likeness (QED) is 0.783. The Balaban J connectivity index is 1.93. The molecule has 0 aliphatic heterocycles. The molecule has 3 N–H and O–H groups in total. The zero-order valence-electron chi connectivity index (χ0n) is 9.66. The van der Waals surface area contributed by atoms with Crippen LogP contribution < -0.4 is 5.73 Å². The largest absolute Gasteiger partial charge is 0.369 e. The molecule has 0 spiro atoms. The number of H-pyrrole nitrogens is 1. The van der Waals surface area contributed by atoms with Crippen LogP contribution in [0.4, 0.5) is 5.95 Å². The molecule has 1 fully saturated rings. The van der Waals surface area contributed by atoms with E-state index in [-0.39, 0.29) is 0 Å². The molecule has 0 amide bonds. The van der Waals surface area contributed by atoms with Gasteiger partial charge >= 0.3 is 0 Å². The Kier molecular flexibility index (Phi) is 2.98. The lowest BCUT2D eigenvalue weighted by Crippen LogP contribution is -2.17. The van der Waals surface area contributed by atoms with Crippen LogP contribution in [-0.4, -0.2) is 9.97 Å². The number of anilines is 1. The van der Waals surface area contributed by atoms with Crippen LogP contribution in [-0.2, 0) is 0 Å². The van der Waals surface area contributed by atoms with Crippen molar-refractivity contribution in [2.24, 2.45) is 11.8 Å². The molecule has 2 rings (SSSR count). The van der Waals surface area contributed by atoms with E-state index < -0.39 is 0 Å². The third-order valence-corrected chi connectivity index (χ3v) is 3.77. The number of aromatic nitrogens is 2. The first kappa shape index (κ1) is 10.5. The predicted molar refractivity (Wildman–Crippen MR) is 62.5 cm³/mol. The number of hydrogen-bond acceptors (Lipinski definition) is 2. The Bertz CT molecular complexity index is 308. The zero-order chi connectivity index (χ0) is 10.8. The van der Waals surface area contributed by atoms with E-state index in [4.69, 9.17) is 5.73 Å². The highest BCUT2D eigenvalue weighted by Crippen LogP contribution is 2.37. The average molecular weight is 207 g/mol. The second-order valence-electron chi connectivity index (χ2n) is 5.08. The monoisotopic (exact) mass is 207 g/mol. The second-order valence-corrected chi connectivity index (χ2v) is 5.08. The maximum atomic E-state index is 5.59. The topological polar surface area (TPSA) is 54.7 Å². The molecule has 0 atom stereocenters. The molecule has 3 nitrogen and oxygen atoms in total. The molecule has 1 aliphatic carbocycles. The highest BCUT2D eigenvalue weighted by atomic mass is 15.0. The summed E-state index contributed by atoms with van der Waals surface area (Å²) in [7, 11) is 0. The number of nitrogen functional groups attached to an aromatic ring is 1. The minimum Gasteiger partial charge on any atom is -0.369 e. The molecule has 1 aromatic rings. The van der Waals surface area contributed by atoms with Crippen LogP contribution in [0.3, 0.4) is 0 Å². The Morgan fingerprint density at radius 2 is 2.00 bits per heavy atom. The predicted octanol–water partition coefficient (Wildman–Crippen LogP) is 2.92. The molecule has 1 heterocycles. The van der Waals surface area contributed by atoms with E-state index in [1.54, 1.807) is 0 Å². The normalized spacial score (nSPS) is 27.1. The number of imidazole rings is 1. The molecule has 3 heteroatoms. The maximum Gasteiger partial charge on any atom is 0.197 e. The van der Waals surface area contributed by atoms with Crippen LogP contribution >= 0.6 is 0 Å². The van der Waals surface area contributed by atoms with E-state index in [1.165, 1.54) is 31.4 Å². The van der Waals surface area contributed by atoms with Gasteiger partial charge in [0.15, 0.2) is 5.95 Å². The van der Waals surface area contributed by atoms with Crippen molar-refractivity contribution in [1.29, 1.82) is 0 Å². The van der Waals surface area contributed by atoms with Gasteiger partial charge in [0.25, 0.3) is 0 Å². The molecule has 0 saturated heterocycles. The first-order valence-corrected chi connectivity index (χ1v) is 5.97. The van der Waals surface area contributed by atoms with Gasteiger partial charge in [-0.05, 0) is 37.5 Å². The molecule has 1 aliphatic rings. The van der Waals surface area contributed by atoms with E-state index in [0.29, 0.717) is 11.9 Å². The summed E-state index contributed by atoms with van der Waals surface area (Å²) >= 11 is 0. The van der Waals surface area contributed by atoms with Crippen LogP contribution in [0, 0.1) is 11.8 Å². The summed E-state index contributed by atoms with van der Waals surface area (Å²) < 4.78 is 0. The van der Waals surface area contributed by atoms with Crippen molar-refractivity contribution in [3.8, 4) is 0 Å². The molecule has 0 bridgehead atoms. The lowest BCUT2D eigenvalue weighted by molar-refractivity contribution is 0.257. The fraction of sp³-hybridized carbons (Fsp3) is 0.750. The number of nitrogens with zero attached hydrogens (tertiary/aromatic N) is 1. The smallest absolute Gasteiger partial charge is 0.197 e. The third kappa shape index (κ3) is 2.33. The number of aromatic amines is 1. The summed E-state index contributed by atoms with van der Waals surface area (Å²) in [6.45, 7) is 4.67. The summed E-state index contributed by atoms with van der Waals surface area (Å²) in [5.74, 6) is 2.96. The van der Waals surface area contributed by atoms with Gasteiger partial charge in [0.05, 0.1) is 6.20 Å². The van der Waals surface area contributed by atoms with Gasteiger partial charge in [-0.3, -0.25) is 0 Å². The standard InChI is InChI=1S/C12H21N3/c1-8(2)9-3-5-10(6-4-9)11-7-14-12(13)15-11/h7-10H,3-6H2,1-2H3,(H3,13,14,15). The minimum atomic E-state index is 0.552. The Labute approximate surface area is 91.5 Å². The number of hydrogen-bond donors (Lipinski definition) is 2. The van der Waals surface area contributed by atoms with Crippen molar-refractivity contribution in [3.05, 3.63) is 11.9 Å². The van der Waals surface area contributed by atoms with E-state index in [1.807, 2.05) is 6.20 Å². The van der Waals surface area contributed by atoms with Crippen molar-refractivity contribution in [2.75, 3.05) is 5.73 Å². The van der Waals surface area contributed by atoms with Gasteiger partial charge in [0.1, 0.15) is 0 Å². The van der Waals surface area contributed by atoms with Crippen molar-refractivity contribution in [3.63, 3.8) is 0 Å². The fourth-order valence-corrected chi connectivity index (χ4v) is 2.66. The van der Waals surface area contributed by atoms with Gasteiger partial charge in [-0.2, -0.15) is 0 Å². The Morgan fingerprint density at radius 1 is 1.33 bits per heavy atom. The second kappa shape index (κ2) is 4.25. The Hall–Kier alpha value is -0.990. The summed E-state index contributed by atoms with van der Waals surface area (Å²) in [4.78, 5) is 7.22. The molecule has 15 heavy (non-hydrogen) atoms. The summed E-state index contributed by atoms with van der Waals surface area (Å²) in [6.07, 6.45) is 7.16. The molecule has 0 radical (unpaired) electrons. The molecular formula is C12H21N3. The van der Waals surface area contributed by atoms with Crippen molar-refractivity contribution >= 4 is 5.95 Å². The van der Waals surface area contributed by atoms with Gasteiger partial charge in [-0.15, -0.1) is 0 Å². The molecule has 0 aromatic carbocycles. The van der Waals surface area contributed by atoms with Gasteiger partial charge in [-0.25, -0.2) is 4.98 Å². The third-order valence-electron chi connectivity index (χ3n) is 3.77. The summed E-state index contributed by atoms with van der Waals surface area (Å²) in [6, 6.07) is 0. The van der Waals surface area contributed by atoms with Crippen molar-refractivity contribution in [2.45, 2.75) is 45.4 Å². The highest BCUT2D eigenvalue weighted by Gasteiger charge is 2.24.